The Kier molecular flexibility index (Phi) is 8.05. The second-order valence-electron chi connectivity index (χ2n) is 7.91. The zero-order chi connectivity index (χ0) is 24.6. The molecule has 4 rings (SSSR count). The van der Waals surface area contributed by atoms with Gasteiger partial charge in [0.05, 0.1) is 18.9 Å². The SMILES string of the molecule is COc1ccccc1OC(C)c1nnc(SCC(=O)NC(C)c2ccccc2)n1-c1ccccc1. The molecule has 0 radical (unpaired) electrons. The molecule has 1 aromatic heterocycles. The predicted octanol–water partition coefficient (Wildman–Crippen LogP) is 5.39. The Morgan fingerprint density at radius 1 is 0.914 bits per heavy atom. The van der Waals surface area contributed by atoms with E-state index in [1.165, 1.54) is 11.8 Å². The number of nitrogens with one attached hydrogen (secondary N) is 1. The maximum atomic E-state index is 12.7. The number of hydrogen-bond donors (Lipinski definition) is 1. The zero-order valence-electron chi connectivity index (χ0n) is 19.9. The fourth-order valence-electron chi connectivity index (χ4n) is 3.66. The molecule has 0 saturated carbocycles. The van der Waals surface area contributed by atoms with Crippen LogP contribution in [0.3, 0.4) is 0 Å². The summed E-state index contributed by atoms with van der Waals surface area (Å²) in [6.45, 7) is 3.89. The van der Waals surface area contributed by atoms with Crippen LogP contribution >= 0.6 is 11.8 Å². The molecule has 3 aromatic carbocycles. The number of rotatable bonds is 10. The van der Waals surface area contributed by atoms with Gasteiger partial charge in [0.1, 0.15) is 0 Å². The number of ether oxygens (including phenoxy) is 2. The van der Waals surface area contributed by atoms with Crippen molar-refractivity contribution in [1.29, 1.82) is 0 Å². The molecule has 35 heavy (non-hydrogen) atoms. The van der Waals surface area contributed by atoms with E-state index < -0.39 is 6.10 Å². The molecule has 1 N–H and O–H groups in total. The van der Waals surface area contributed by atoms with E-state index in [1.54, 1.807) is 7.11 Å². The summed E-state index contributed by atoms with van der Waals surface area (Å²) in [7, 11) is 1.61. The second kappa shape index (κ2) is 11.6. The second-order valence-corrected chi connectivity index (χ2v) is 8.85. The summed E-state index contributed by atoms with van der Waals surface area (Å²) >= 11 is 1.34. The van der Waals surface area contributed by atoms with Crippen LogP contribution < -0.4 is 14.8 Å². The number of carbonyl (C=O) groups is 1. The fourth-order valence-corrected chi connectivity index (χ4v) is 4.43. The van der Waals surface area contributed by atoms with Crippen molar-refractivity contribution in [3.63, 3.8) is 0 Å². The summed E-state index contributed by atoms with van der Waals surface area (Å²) in [5.74, 6) is 2.03. The summed E-state index contributed by atoms with van der Waals surface area (Å²) < 4.78 is 13.5. The van der Waals surface area contributed by atoms with E-state index in [1.807, 2.05) is 103 Å². The van der Waals surface area contributed by atoms with E-state index in [-0.39, 0.29) is 17.7 Å². The third kappa shape index (κ3) is 6.02. The van der Waals surface area contributed by atoms with Crippen LogP contribution in [0.25, 0.3) is 5.69 Å². The predicted molar refractivity (Wildman–Crippen MR) is 137 cm³/mol. The molecule has 0 saturated heterocycles. The zero-order valence-corrected chi connectivity index (χ0v) is 20.7. The standard InChI is InChI=1S/C27H28N4O3S/c1-19(21-12-6-4-7-13-21)28-25(32)18-35-27-30-29-26(31(27)22-14-8-5-9-15-22)20(2)34-24-17-11-10-16-23(24)33-3/h4-17,19-20H,18H2,1-3H3,(H,28,32). The van der Waals surface area contributed by atoms with Crippen molar-refractivity contribution in [3.8, 4) is 17.2 Å². The van der Waals surface area contributed by atoms with Crippen molar-refractivity contribution in [2.45, 2.75) is 31.1 Å². The Hall–Kier alpha value is -3.78. The minimum atomic E-state index is -0.416. The first kappa shape index (κ1) is 24.3. The molecule has 0 aliphatic heterocycles. The average molecular weight is 489 g/mol. The van der Waals surface area contributed by atoms with Gasteiger partial charge in [-0.1, -0.05) is 72.4 Å². The van der Waals surface area contributed by atoms with Gasteiger partial charge >= 0.3 is 0 Å². The Balaban J connectivity index is 1.52. The van der Waals surface area contributed by atoms with Crippen LogP contribution in [0, 0.1) is 0 Å². The highest BCUT2D eigenvalue weighted by Gasteiger charge is 2.22. The molecular formula is C27H28N4O3S. The summed E-state index contributed by atoms with van der Waals surface area (Å²) in [5.41, 5.74) is 1.95. The molecule has 0 aliphatic carbocycles. The molecule has 1 amide bonds. The Labute approximate surface area is 209 Å². The van der Waals surface area contributed by atoms with Crippen molar-refractivity contribution in [2.75, 3.05) is 12.9 Å². The Morgan fingerprint density at radius 2 is 1.54 bits per heavy atom. The lowest BCUT2D eigenvalue weighted by Gasteiger charge is -2.18. The molecule has 2 unspecified atom stereocenters. The van der Waals surface area contributed by atoms with Crippen molar-refractivity contribution in [2.24, 2.45) is 0 Å². The molecule has 0 spiro atoms. The number of benzene rings is 3. The van der Waals surface area contributed by atoms with Crippen LogP contribution in [0.5, 0.6) is 11.5 Å². The van der Waals surface area contributed by atoms with Gasteiger partial charge < -0.3 is 14.8 Å². The van der Waals surface area contributed by atoms with E-state index in [4.69, 9.17) is 9.47 Å². The van der Waals surface area contributed by atoms with Crippen molar-refractivity contribution < 1.29 is 14.3 Å². The van der Waals surface area contributed by atoms with Gasteiger partial charge in [-0.15, -0.1) is 10.2 Å². The lowest BCUT2D eigenvalue weighted by atomic mass is 10.1. The van der Waals surface area contributed by atoms with Gasteiger partial charge in [0, 0.05) is 5.69 Å². The molecule has 2 atom stereocenters. The monoisotopic (exact) mass is 488 g/mol. The molecule has 0 aliphatic rings. The summed E-state index contributed by atoms with van der Waals surface area (Å²) in [5, 5.41) is 12.5. The van der Waals surface area contributed by atoms with Crippen LogP contribution in [0.2, 0.25) is 0 Å². The first-order chi connectivity index (χ1) is 17.1. The first-order valence-electron chi connectivity index (χ1n) is 11.3. The van der Waals surface area contributed by atoms with Crippen LogP contribution in [-0.2, 0) is 4.79 Å². The number of hydrogen-bond acceptors (Lipinski definition) is 6. The molecule has 1 heterocycles. The lowest BCUT2D eigenvalue weighted by Crippen LogP contribution is -2.28. The van der Waals surface area contributed by atoms with E-state index in [0.29, 0.717) is 22.5 Å². The molecule has 0 bridgehead atoms. The highest BCUT2D eigenvalue weighted by molar-refractivity contribution is 7.99. The van der Waals surface area contributed by atoms with Crippen LogP contribution in [0.15, 0.2) is 90.1 Å². The maximum Gasteiger partial charge on any atom is 0.230 e. The van der Waals surface area contributed by atoms with E-state index in [2.05, 4.69) is 15.5 Å². The maximum absolute atomic E-state index is 12.7. The van der Waals surface area contributed by atoms with Crippen molar-refractivity contribution in [3.05, 3.63) is 96.3 Å². The quantitative estimate of drug-likeness (QED) is 0.302. The topological polar surface area (TPSA) is 78.3 Å². The van der Waals surface area contributed by atoms with E-state index >= 15 is 0 Å². The largest absolute Gasteiger partial charge is 0.493 e. The van der Waals surface area contributed by atoms with Gasteiger partial charge in [-0.2, -0.15) is 0 Å². The third-order valence-electron chi connectivity index (χ3n) is 5.42. The normalized spacial score (nSPS) is 12.5. The number of para-hydroxylation sites is 3. The minimum Gasteiger partial charge on any atom is -0.493 e. The number of methoxy groups -OCH3 is 1. The molecular weight excluding hydrogens is 460 g/mol. The van der Waals surface area contributed by atoms with Crippen molar-refractivity contribution in [1.82, 2.24) is 20.1 Å². The van der Waals surface area contributed by atoms with Crippen LogP contribution in [0.1, 0.15) is 37.4 Å². The number of amides is 1. The molecule has 8 heteroatoms. The number of aromatic nitrogens is 3. The Bertz CT molecular complexity index is 1250. The van der Waals surface area contributed by atoms with Gasteiger partial charge in [0.15, 0.2) is 28.6 Å². The van der Waals surface area contributed by atoms with Gasteiger partial charge in [0.25, 0.3) is 0 Å². The van der Waals surface area contributed by atoms with Gasteiger partial charge in [-0.3, -0.25) is 9.36 Å². The highest BCUT2D eigenvalue weighted by Crippen LogP contribution is 2.32. The van der Waals surface area contributed by atoms with Crippen LogP contribution in [0.4, 0.5) is 0 Å². The Morgan fingerprint density at radius 3 is 2.23 bits per heavy atom. The third-order valence-corrected chi connectivity index (χ3v) is 6.35. The lowest BCUT2D eigenvalue weighted by molar-refractivity contribution is -0.119. The summed E-state index contributed by atoms with van der Waals surface area (Å²) in [4.78, 5) is 12.7. The smallest absolute Gasteiger partial charge is 0.230 e. The molecule has 180 valence electrons. The average Bonchev–Trinajstić information content (AvgIpc) is 3.33. The minimum absolute atomic E-state index is 0.0752. The molecule has 4 aromatic rings. The number of nitrogens with zero attached hydrogens (tertiary/aromatic N) is 3. The van der Waals surface area contributed by atoms with Gasteiger partial charge in [-0.25, -0.2) is 0 Å². The highest BCUT2D eigenvalue weighted by atomic mass is 32.2. The fraction of sp³-hybridized carbons (Fsp3) is 0.222. The molecule has 7 nitrogen and oxygen atoms in total. The van der Waals surface area contributed by atoms with E-state index in [0.717, 1.165) is 11.3 Å². The van der Waals surface area contributed by atoms with Gasteiger partial charge in [-0.05, 0) is 43.7 Å². The summed E-state index contributed by atoms with van der Waals surface area (Å²) in [6.07, 6.45) is -0.416. The molecule has 0 fully saturated rings. The number of carbonyl (C=O) groups excluding carboxylic acids is 1. The van der Waals surface area contributed by atoms with Gasteiger partial charge in [0.2, 0.25) is 5.91 Å². The summed E-state index contributed by atoms with van der Waals surface area (Å²) in [6, 6.07) is 27.1. The first-order valence-corrected chi connectivity index (χ1v) is 12.3. The number of thioether (sulfide) groups is 1. The van der Waals surface area contributed by atoms with Crippen molar-refractivity contribution >= 4 is 17.7 Å². The van der Waals surface area contributed by atoms with Crippen LogP contribution in [-0.4, -0.2) is 33.5 Å². The van der Waals surface area contributed by atoms with E-state index in [9.17, 15) is 4.79 Å².